The van der Waals surface area contributed by atoms with Crippen molar-refractivity contribution in [1.82, 2.24) is 0 Å². The van der Waals surface area contributed by atoms with E-state index >= 15 is 0 Å². The number of benzene rings is 1. The van der Waals surface area contributed by atoms with Gasteiger partial charge in [-0.3, -0.25) is 0 Å². The molecule has 0 bridgehead atoms. The SMILES string of the molecule is O=C(O)COCC1CCC(COC(O)Nc2ccccc2)CC1. The third-order valence-electron chi connectivity index (χ3n) is 4.10. The molecule has 0 aromatic heterocycles. The Morgan fingerprint density at radius 3 is 2.35 bits per heavy atom. The first-order valence-corrected chi connectivity index (χ1v) is 8.04. The molecule has 2 rings (SSSR count). The minimum absolute atomic E-state index is 0.222. The van der Waals surface area contributed by atoms with E-state index in [4.69, 9.17) is 14.6 Å². The lowest BCUT2D eigenvalue weighted by molar-refractivity contribution is -0.142. The van der Waals surface area contributed by atoms with Crippen molar-refractivity contribution in [2.75, 3.05) is 25.1 Å². The van der Waals surface area contributed by atoms with E-state index in [0.29, 0.717) is 25.0 Å². The van der Waals surface area contributed by atoms with E-state index in [9.17, 15) is 9.90 Å². The van der Waals surface area contributed by atoms with Gasteiger partial charge in [0.1, 0.15) is 6.61 Å². The summed E-state index contributed by atoms with van der Waals surface area (Å²) >= 11 is 0. The molecule has 23 heavy (non-hydrogen) atoms. The van der Waals surface area contributed by atoms with Crippen molar-refractivity contribution >= 4 is 11.7 Å². The Hall–Kier alpha value is -1.63. The highest BCUT2D eigenvalue weighted by Gasteiger charge is 2.22. The molecule has 1 aromatic carbocycles. The Bertz CT molecular complexity index is 459. The van der Waals surface area contributed by atoms with Gasteiger partial charge in [0, 0.05) is 5.69 Å². The summed E-state index contributed by atoms with van der Waals surface area (Å²) in [6, 6.07) is 9.44. The van der Waals surface area contributed by atoms with Crippen LogP contribution < -0.4 is 5.32 Å². The lowest BCUT2D eigenvalue weighted by atomic mass is 9.83. The first-order valence-electron chi connectivity index (χ1n) is 8.04. The molecule has 6 heteroatoms. The number of aliphatic hydroxyl groups excluding tert-OH is 1. The molecule has 0 aliphatic heterocycles. The van der Waals surface area contributed by atoms with Crippen molar-refractivity contribution in [2.24, 2.45) is 11.8 Å². The van der Waals surface area contributed by atoms with Crippen LogP contribution in [0, 0.1) is 11.8 Å². The van der Waals surface area contributed by atoms with E-state index in [0.717, 1.165) is 31.4 Å². The van der Waals surface area contributed by atoms with Gasteiger partial charge in [-0.1, -0.05) is 18.2 Å². The van der Waals surface area contributed by atoms with Gasteiger partial charge in [-0.2, -0.15) is 0 Å². The first-order chi connectivity index (χ1) is 11.1. The van der Waals surface area contributed by atoms with Gasteiger partial charge in [0.05, 0.1) is 13.2 Å². The number of hydrogen-bond acceptors (Lipinski definition) is 5. The summed E-state index contributed by atoms with van der Waals surface area (Å²) in [5.74, 6) is -0.0668. The van der Waals surface area contributed by atoms with Crippen LogP contribution in [0.25, 0.3) is 0 Å². The fraction of sp³-hybridized carbons (Fsp3) is 0.588. The Kier molecular flexibility index (Phi) is 7.32. The van der Waals surface area contributed by atoms with Crippen LogP contribution in [0.1, 0.15) is 25.7 Å². The van der Waals surface area contributed by atoms with Gasteiger partial charge in [0.25, 0.3) is 0 Å². The number of anilines is 1. The largest absolute Gasteiger partial charge is 0.480 e. The molecule has 6 nitrogen and oxygen atoms in total. The normalized spacial score (nSPS) is 22.5. The Morgan fingerprint density at radius 1 is 1.13 bits per heavy atom. The van der Waals surface area contributed by atoms with Crippen molar-refractivity contribution in [1.29, 1.82) is 0 Å². The van der Waals surface area contributed by atoms with Crippen LogP contribution in [0.15, 0.2) is 30.3 Å². The second kappa shape index (κ2) is 9.50. The van der Waals surface area contributed by atoms with Crippen molar-refractivity contribution in [3.63, 3.8) is 0 Å². The molecule has 1 atom stereocenters. The topological polar surface area (TPSA) is 88.0 Å². The molecule has 0 radical (unpaired) electrons. The zero-order valence-electron chi connectivity index (χ0n) is 13.2. The molecule has 1 aromatic rings. The highest BCUT2D eigenvalue weighted by molar-refractivity contribution is 5.67. The van der Waals surface area contributed by atoms with Crippen LogP contribution in [0.2, 0.25) is 0 Å². The summed E-state index contributed by atoms with van der Waals surface area (Å²) < 4.78 is 10.6. The molecule has 0 amide bonds. The van der Waals surface area contributed by atoms with E-state index in [1.54, 1.807) is 0 Å². The molecule has 1 aliphatic carbocycles. The fourth-order valence-electron chi connectivity index (χ4n) is 2.82. The molecule has 1 unspecified atom stereocenters. The van der Waals surface area contributed by atoms with Crippen LogP contribution >= 0.6 is 0 Å². The number of carboxylic acid groups (broad SMARTS) is 1. The lowest BCUT2D eigenvalue weighted by Crippen LogP contribution is -2.28. The number of nitrogens with one attached hydrogen (secondary N) is 1. The van der Waals surface area contributed by atoms with Crippen LogP contribution in [-0.4, -0.2) is 42.4 Å². The number of aliphatic carboxylic acids is 1. The van der Waals surface area contributed by atoms with E-state index < -0.39 is 12.4 Å². The monoisotopic (exact) mass is 323 g/mol. The highest BCUT2D eigenvalue weighted by atomic mass is 16.6. The highest BCUT2D eigenvalue weighted by Crippen LogP contribution is 2.29. The molecule has 1 saturated carbocycles. The van der Waals surface area contributed by atoms with Crippen LogP contribution in [0.4, 0.5) is 5.69 Å². The van der Waals surface area contributed by atoms with Gasteiger partial charge in [0.2, 0.25) is 6.41 Å². The summed E-state index contributed by atoms with van der Waals surface area (Å²) in [5, 5.41) is 21.3. The van der Waals surface area contributed by atoms with Crippen molar-refractivity contribution in [2.45, 2.75) is 32.1 Å². The number of carboxylic acids is 1. The predicted molar refractivity (Wildman–Crippen MR) is 85.9 cm³/mol. The molecule has 3 N–H and O–H groups in total. The average Bonchev–Trinajstić information content (AvgIpc) is 2.55. The summed E-state index contributed by atoms with van der Waals surface area (Å²) in [6.07, 6.45) is 3.04. The lowest BCUT2D eigenvalue weighted by Gasteiger charge is -2.28. The summed E-state index contributed by atoms with van der Waals surface area (Å²) in [6.45, 7) is 0.808. The number of ether oxygens (including phenoxy) is 2. The van der Waals surface area contributed by atoms with Gasteiger partial charge < -0.3 is 25.0 Å². The minimum Gasteiger partial charge on any atom is -0.480 e. The number of aliphatic hydroxyl groups is 1. The number of rotatable bonds is 9. The van der Waals surface area contributed by atoms with Crippen LogP contribution in [0.3, 0.4) is 0 Å². The second-order valence-electron chi connectivity index (χ2n) is 5.99. The zero-order valence-corrected chi connectivity index (χ0v) is 13.2. The molecule has 0 heterocycles. The van der Waals surface area contributed by atoms with Gasteiger partial charge in [0.15, 0.2) is 0 Å². The number of hydrogen-bond donors (Lipinski definition) is 3. The Morgan fingerprint density at radius 2 is 1.74 bits per heavy atom. The number of para-hydroxylation sites is 1. The third-order valence-corrected chi connectivity index (χ3v) is 4.10. The molecule has 1 fully saturated rings. The minimum atomic E-state index is -1.01. The smallest absolute Gasteiger partial charge is 0.329 e. The van der Waals surface area contributed by atoms with E-state index in [-0.39, 0.29) is 6.61 Å². The summed E-state index contributed by atoms with van der Waals surface area (Å²) in [7, 11) is 0. The molecule has 128 valence electrons. The van der Waals surface area contributed by atoms with Gasteiger partial charge >= 0.3 is 5.97 Å². The molecular weight excluding hydrogens is 298 g/mol. The summed E-state index contributed by atoms with van der Waals surface area (Å²) in [4.78, 5) is 10.4. The van der Waals surface area contributed by atoms with E-state index in [1.165, 1.54) is 0 Å². The van der Waals surface area contributed by atoms with E-state index in [1.807, 2.05) is 30.3 Å². The Balaban J connectivity index is 1.58. The van der Waals surface area contributed by atoms with Crippen molar-refractivity contribution in [3.8, 4) is 0 Å². The average molecular weight is 323 g/mol. The van der Waals surface area contributed by atoms with Gasteiger partial charge in [-0.25, -0.2) is 4.79 Å². The molecular formula is C17H25NO5. The van der Waals surface area contributed by atoms with Gasteiger partial charge in [-0.15, -0.1) is 0 Å². The Labute approximate surface area is 136 Å². The second-order valence-corrected chi connectivity index (χ2v) is 5.99. The van der Waals surface area contributed by atoms with Gasteiger partial charge in [-0.05, 0) is 49.7 Å². The van der Waals surface area contributed by atoms with Crippen LogP contribution in [-0.2, 0) is 14.3 Å². The van der Waals surface area contributed by atoms with E-state index in [2.05, 4.69) is 5.32 Å². The quantitative estimate of drug-likeness (QED) is 0.604. The molecule has 0 spiro atoms. The van der Waals surface area contributed by atoms with Crippen molar-refractivity contribution < 1.29 is 24.5 Å². The third kappa shape index (κ3) is 6.99. The van der Waals surface area contributed by atoms with Crippen molar-refractivity contribution in [3.05, 3.63) is 30.3 Å². The standard InChI is InChI=1S/C17H25NO5/c19-16(20)12-22-10-13-6-8-14(9-7-13)11-23-17(21)18-15-4-2-1-3-5-15/h1-5,13-14,17-18,21H,6-12H2,(H,19,20). The van der Waals surface area contributed by atoms with Crippen LogP contribution in [0.5, 0.6) is 0 Å². The maximum absolute atomic E-state index is 10.4. The predicted octanol–water partition coefficient (Wildman–Crippen LogP) is 2.30. The number of carbonyl (C=O) groups is 1. The maximum atomic E-state index is 10.4. The molecule has 1 aliphatic rings. The molecule has 0 saturated heterocycles. The fourth-order valence-corrected chi connectivity index (χ4v) is 2.82. The summed E-state index contributed by atoms with van der Waals surface area (Å²) in [5.41, 5.74) is 0.819. The maximum Gasteiger partial charge on any atom is 0.329 e. The first kappa shape index (κ1) is 17.7. The zero-order chi connectivity index (χ0) is 16.5.